The summed E-state index contributed by atoms with van der Waals surface area (Å²) in [6.45, 7) is -0.192. The molecule has 0 heterocycles. The minimum absolute atomic E-state index is 0.0741. The maximum Gasteiger partial charge on any atom is 0.128 e. The Hall–Kier alpha value is -1.74. The molecule has 72 valence electrons. The zero-order chi connectivity index (χ0) is 10.1. The van der Waals surface area contributed by atoms with E-state index in [1.165, 1.54) is 6.07 Å². The van der Waals surface area contributed by atoms with Crippen LogP contribution in [0.25, 0.3) is 10.8 Å². The number of rotatable bonds is 1. The van der Waals surface area contributed by atoms with Gasteiger partial charge >= 0.3 is 0 Å². The molecule has 0 saturated heterocycles. The van der Waals surface area contributed by atoms with E-state index in [4.69, 9.17) is 5.11 Å². The van der Waals surface area contributed by atoms with Gasteiger partial charge in [0.1, 0.15) is 11.5 Å². The molecule has 0 aromatic heterocycles. The predicted molar refractivity (Wildman–Crippen MR) is 53.2 cm³/mol. The smallest absolute Gasteiger partial charge is 0.128 e. The molecule has 3 N–H and O–H groups in total. The molecule has 14 heavy (non-hydrogen) atoms. The Bertz CT molecular complexity index is 477. The highest BCUT2D eigenvalue weighted by molar-refractivity contribution is 5.90. The van der Waals surface area contributed by atoms with Crippen molar-refractivity contribution in [2.75, 3.05) is 0 Å². The Labute approximate surface area is 80.9 Å². The SMILES string of the molecule is OCc1ccc2cc(O)ccc2c1O. The third-order valence-corrected chi connectivity index (χ3v) is 2.23. The second-order valence-corrected chi connectivity index (χ2v) is 3.14. The van der Waals surface area contributed by atoms with Crippen LogP contribution in [0.3, 0.4) is 0 Å². The lowest BCUT2D eigenvalue weighted by molar-refractivity contribution is 0.276. The van der Waals surface area contributed by atoms with Crippen molar-refractivity contribution < 1.29 is 15.3 Å². The highest BCUT2D eigenvalue weighted by atomic mass is 16.3. The number of phenolic OH excluding ortho intramolecular Hbond substituents is 1. The number of fused-ring (bicyclic) bond motifs is 1. The highest BCUT2D eigenvalue weighted by Crippen LogP contribution is 2.30. The van der Waals surface area contributed by atoms with Crippen molar-refractivity contribution in [3.05, 3.63) is 35.9 Å². The molecule has 0 radical (unpaired) electrons. The first-order valence-electron chi connectivity index (χ1n) is 4.27. The zero-order valence-electron chi connectivity index (χ0n) is 7.44. The second kappa shape index (κ2) is 3.20. The van der Waals surface area contributed by atoms with Gasteiger partial charge < -0.3 is 15.3 Å². The van der Waals surface area contributed by atoms with E-state index in [1.54, 1.807) is 24.3 Å². The predicted octanol–water partition coefficient (Wildman–Crippen LogP) is 1.74. The first-order chi connectivity index (χ1) is 6.72. The van der Waals surface area contributed by atoms with Gasteiger partial charge in [-0.25, -0.2) is 0 Å². The lowest BCUT2D eigenvalue weighted by atomic mass is 10.1. The summed E-state index contributed by atoms with van der Waals surface area (Å²) in [5, 5.41) is 29.2. The lowest BCUT2D eigenvalue weighted by Crippen LogP contribution is -1.85. The van der Waals surface area contributed by atoms with E-state index in [1.807, 2.05) is 0 Å². The van der Waals surface area contributed by atoms with Gasteiger partial charge in [0, 0.05) is 10.9 Å². The number of aliphatic hydroxyl groups excluding tert-OH is 1. The molecule has 0 unspecified atom stereocenters. The van der Waals surface area contributed by atoms with Gasteiger partial charge in [0.15, 0.2) is 0 Å². The van der Waals surface area contributed by atoms with Crippen LogP contribution < -0.4 is 0 Å². The second-order valence-electron chi connectivity index (χ2n) is 3.14. The van der Waals surface area contributed by atoms with Gasteiger partial charge in [0.2, 0.25) is 0 Å². The zero-order valence-corrected chi connectivity index (χ0v) is 7.44. The van der Waals surface area contributed by atoms with Crippen molar-refractivity contribution in [2.45, 2.75) is 6.61 Å². The first-order valence-corrected chi connectivity index (χ1v) is 4.27. The summed E-state index contributed by atoms with van der Waals surface area (Å²) in [4.78, 5) is 0. The van der Waals surface area contributed by atoms with Crippen molar-refractivity contribution in [3.63, 3.8) is 0 Å². The summed E-state index contributed by atoms with van der Waals surface area (Å²) in [5.74, 6) is 0.235. The fourth-order valence-corrected chi connectivity index (χ4v) is 1.47. The number of benzene rings is 2. The summed E-state index contributed by atoms with van der Waals surface area (Å²) in [6, 6.07) is 8.08. The van der Waals surface area contributed by atoms with Crippen molar-refractivity contribution >= 4 is 10.8 Å². The monoisotopic (exact) mass is 190 g/mol. The minimum Gasteiger partial charge on any atom is -0.508 e. The van der Waals surface area contributed by atoms with Crippen LogP contribution in [0, 0.1) is 0 Å². The number of phenols is 2. The Balaban J connectivity index is 2.77. The van der Waals surface area contributed by atoms with Crippen LogP contribution in [-0.4, -0.2) is 15.3 Å². The van der Waals surface area contributed by atoms with Gasteiger partial charge in [-0.1, -0.05) is 12.1 Å². The maximum atomic E-state index is 9.70. The molecule has 0 saturated carbocycles. The van der Waals surface area contributed by atoms with Crippen LogP contribution in [0.15, 0.2) is 30.3 Å². The van der Waals surface area contributed by atoms with Crippen LogP contribution in [0.5, 0.6) is 11.5 Å². The number of aliphatic hydroxyl groups is 1. The molecule has 3 heteroatoms. The van der Waals surface area contributed by atoms with E-state index < -0.39 is 0 Å². The Morgan fingerprint density at radius 2 is 1.79 bits per heavy atom. The standard InChI is InChI=1S/C11H10O3/c12-6-8-2-1-7-5-9(13)3-4-10(7)11(8)14/h1-5,12-14H,6H2. The maximum absolute atomic E-state index is 9.70. The molecular formula is C11H10O3. The molecule has 0 atom stereocenters. The molecule has 0 aliphatic heterocycles. The van der Waals surface area contributed by atoms with E-state index >= 15 is 0 Å². The molecule has 0 spiro atoms. The van der Waals surface area contributed by atoms with Crippen molar-refractivity contribution in [1.29, 1.82) is 0 Å². The molecule has 2 aromatic carbocycles. The number of hydrogen-bond acceptors (Lipinski definition) is 3. The van der Waals surface area contributed by atoms with E-state index in [2.05, 4.69) is 0 Å². The molecule has 2 rings (SSSR count). The average Bonchev–Trinajstić information content (AvgIpc) is 2.18. The van der Waals surface area contributed by atoms with Crippen LogP contribution >= 0.6 is 0 Å². The van der Waals surface area contributed by atoms with Crippen LogP contribution in [0.1, 0.15) is 5.56 Å². The minimum atomic E-state index is -0.192. The highest BCUT2D eigenvalue weighted by Gasteiger charge is 2.05. The number of hydrogen-bond donors (Lipinski definition) is 3. The van der Waals surface area contributed by atoms with E-state index in [0.717, 1.165) is 5.39 Å². The molecule has 3 nitrogen and oxygen atoms in total. The third kappa shape index (κ3) is 1.28. The van der Waals surface area contributed by atoms with Crippen molar-refractivity contribution in [3.8, 4) is 11.5 Å². The fourth-order valence-electron chi connectivity index (χ4n) is 1.47. The van der Waals surface area contributed by atoms with E-state index in [0.29, 0.717) is 10.9 Å². The molecule has 0 bridgehead atoms. The quantitative estimate of drug-likeness (QED) is 0.642. The van der Waals surface area contributed by atoms with E-state index in [9.17, 15) is 10.2 Å². The van der Waals surface area contributed by atoms with Crippen LogP contribution in [0.4, 0.5) is 0 Å². The van der Waals surface area contributed by atoms with E-state index in [-0.39, 0.29) is 18.1 Å². The Morgan fingerprint density at radius 1 is 1.00 bits per heavy atom. The molecular weight excluding hydrogens is 180 g/mol. The Kier molecular flexibility index (Phi) is 2.02. The molecule has 0 amide bonds. The van der Waals surface area contributed by atoms with Gasteiger partial charge in [0.05, 0.1) is 6.61 Å². The fraction of sp³-hybridized carbons (Fsp3) is 0.0909. The van der Waals surface area contributed by atoms with Crippen molar-refractivity contribution in [2.24, 2.45) is 0 Å². The summed E-state index contributed by atoms with van der Waals surface area (Å²) >= 11 is 0. The van der Waals surface area contributed by atoms with Gasteiger partial charge in [-0.3, -0.25) is 0 Å². The van der Waals surface area contributed by atoms with Crippen LogP contribution in [0.2, 0.25) is 0 Å². The Morgan fingerprint density at radius 3 is 2.50 bits per heavy atom. The molecule has 0 aliphatic rings. The summed E-state index contributed by atoms with van der Waals surface area (Å²) in [7, 11) is 0. The van der Waals surface area contributed by atoms with Crippen LogP contribution in [-0.2, 0) is 6.61 Å². The van der Waals surface area contributed by atoms with Gasteiger partial charge in [-0.2, -0.15) is 0 Å². The largest absolute Gasteiger partial charge is 0.508 e. The first kappa shape index (κ1) is 8.84. The van der Waals surface area contributed by atoms with Gasteiger partial charge in [-0.15, -0.1) is 0 Å². The third-order valence-electron chi connectivity index (χ3n) is 2.23. The van der Waals surface area contributed by atoms with Gasteiger partial charge in [0.25, 0.3) is 0 Å². The van der Waals surface area contributed by atoms with Gasteiger partial charge in [-0.05, 0) is 23.6 Å². The topological polar surface area (TPSA) is 60.7 Å². The molecule has 0 fully saturated rings. The average molecular weight is 190 g/mol. The summed E-state index contributed by atoms with van der Waals surface area (Å²) in [6.07, 6.45) is 0. The number of aromatic hydroxyl groups is 2. The lowest BCUT2D eigenvalue weighted by Gasteiger charge is -2.05. The molecule has 0 aliphatic carbocycles. The normalized spacial score (nSPS) is 10.6. The summed E-state index contributed by atoms with van der Waals surface area (Å²) in [5.41, 5.74) is 0.489. The summed E-state index contributed by atoms with van der Waals surface area (Å²) < 4.78 is 0. The van der Waals surface area contributed by atoms with Crippen molar-refractivity contribution in [1.82, 2.24) is 0 Å². The molecule has 2 aromatic rings.